The summed E-state index contributed by atoms with van der Waals surface area (Å²) < 4.78 is 0. The van der Waals surface area contributed by atoms with E-state index in [0.29, 0.717) is 11.9 Å². The molecule has 1 fully saturated rings. The average Bonchev–Trinajstić information content (AvgIpc) is 2.54. The summed E-state index contributed by atoms with van der Waals surface area (Å²) in [6.45, 7) is 0. The zero-order valence-electron chi connectivity index (χ0n) is 8.03. The van der Waals surface area contributed by atoms with E-state index in [1.54, 1.807) is 6.07 Å². The number of aromatic nitrogens is 2. The third-order valence-corrected chi connectivity index (χ3v) is 2.47. The Bertz CT molecular complexity index is 299. The largest absolute Gasteiger partial charge is 0.383 e. The highest BCUT2D eigenvalue weighted by Crippen LogP contribution is 2.22. The zero-order valence-corrected chi connectivity index (χ0v) is 8.03. The van der Waals surface area contributed by atoms with Crippen molar-refractivity contribution in [2.75, 3.05) is 16.8 Å². The molecule has 2 rings (SSSR count). The molecule has 0 aliphatic heterocycles. The fourth-order valence-corrected chi connectivity index (χ4v) is 1.84. The molecule has 1 aliphatic carbocycles. The number of nitrogens with one attached hydrogen (secondary N) is 1. The Morgan fingerprint density at radius 2 is 1.93 bits per heavy atom. The van der Waals surface area contributed by atoms with Crippen molar-refractivity contribution >= 4 is 17.6 Å². The van der Waals surface area contributed by atoms with Crippen LogP contribution in [0, 0.1) is 0 Å². The highest BCUT2D eigenvalue weighted by molar-refractivity contribution is 5.48. The van der Waals surface area contributed by atoms with Crippen LogP contribution in [-0.2, 0) is 0 Å². The first kappa shape index (κ1) is 9.05. The van der Waals surface area contributed by atoms with Crippen LogP contribution in [0.1, 0.15) is 25.7 Å². The van der Waals surface area contributed by atoms with E-state index in [9.17, 15) is 0 Å². The van der Waals surface area contributed by atoms with Crippen LogP contribution in [-0.4, -0.2) is 16.0 Å². The van der Waals surface area contributed by atoms with Crippen LogP contribution in [0.3, 0.4) is 0 Å². The average molecular weight is 193 g/mol. The van der Waals surface area contributed by atoms with E-state index in [1.807, 2.05) is 0 Å². The number of hydrogen-bond donors (Lipinski definition) is 3. The minimum Gasteiger partial charge on any atom is -0.383 e. The molecule has 0 aromatic carbocycles. The van der Waals surface area contributed by atoms with Crippen molar-refractivity contribution in [2.45, 2.75) is 31.7 Å². The molecule has 0 atom stereocenters. The van der Waals surface area contributed by atoms with Crippen molar-refractivity contribution in [3.63, 3.8) is 0 Å². The number of anilines is 3. The maximum atomic E-state index is 5.56. The second-order valence-corrected chi connectivity index (χ2v) is 3.66. The molecule has 0 saturated heterocycles. The van der Waals surface area contributed by atoms with Crippen molar-refractivity contribution < 1.29 is 0 Å². The molecule has 0 unspecified atom stereocenters. The van der Waals surface area contributed by atoms with Gasteiger partial charge in [-0.1, -0.05) is 12.8 Å². The first-order valence-electron chi connectivity index (χ1n) is 4.90. The van der Waals surface area contributed by atoms with E-state index in [0.717, 1.165) is 5.82 Å². The second-order valence-electron chi connectivity index (χ2n) is 3.66. The topological polar surface area (TPSA) is 89.8 Å². The molecule has 5 N–H and O–H groups in total. The van der Waals surface area contributed by atoms with Crippen LogP contribution in [0.2, 0.25) is 0 Å². The Balaban J connectivity index is 2.07. The Labute approximate surface area is 82.9 Å². The van der Waals surface area contributed by atoms with Gasteiger partial charge >= 0.3 is 0 Å². The molecule has 5 nitrogen and oxygen atoms in total. The molecular formula is C9H15N5. The van der Waals surface area contributed by atoms with Gasteiger partial charge in [-0.25, -0.2) is 0 Å². The number of rotatable bonds is 2. The van der Waals surface area contributed by atoms with Gasteiger partial charge in [0.25, 0.3) is 0 Å². The normalized spacial score (nSPS) is 17.1. The van der Waals surface area contributed by atoms with E-state index in [4.69, 9.17) is 11.5 Å². The number of nitrogens with two attached hydrogens (primary N) is 2. The van der Waals surface area contributed by atoms with E-state index in [-0.39, 0.29) is 5.95 Å². The van der Waals surface area contributed by atoms with Gasteiger partial charge in [0, 0.05) is 12.1 Å². The summed E-state index contributed by atoms with van der Waals surface area (Å²) in [5.41, 5.74) is 11.1. The minimum atomic E-state index is 0.227. The van der Waals surface area contributed by atoms with Crippen molar-refractivity contribution in [2.24, 2.45) is 0 Å². The van der Waals surface area contributed by atoms with E-state index >= 15 is 0 Å². The summed E-state index contributed by atoms with van der Waals surface area (Å²) in [4.78, 5) is 7.89. The third-order valence-electron chi connectivity index (χ3n) is 2.47. The van der Waals surface area contributed by atoms with Gasteiger partial charge < -0.3 is 16.8 Å². The van der Waals surface area contributed by atoms with Crippen molar-refractivity contribution in [3.05, 3.63) is 6.07 Å². The first-order chi connectivity index (χ1) is 6.74. The molecule has 0 radical (unpaired) electrons. The molecule has 0 bridgehead atoms. The molecule has 0 amide bonds. The lowest BCUT2D eigenvalue weighted by molar-refractivity contribution is 0.750. The second kappa shape index (κ2) is 3.69. The predicted molar refractivity (Wildman–Crippen MR) is 56.7 cm³/mol. The Hall–Kier alpha value is -1.52. The predicted octanol–water partition coefficient (Wildman–Crippen LogP) is 0.995. The van der Waals surface area contributed by atoms with Gasteiger partial charge in [0.1, 0.15) is 11.6 Å². The smallest absolute Gasteiger partial charge is 0.223 e. The van der Waals surface area contributed by atoms with E-state index in [1.165, 1.54) is 25.7 Å². The van der Waals surface area contributed by atoms with Crippen molar-refractivity contribution in [3.8, 4) is 0 Å². The maximum absolute atomic E-state index is 5.56. The van der Waals surface area contributed by atoms with Crippen LogP contribution in [0.25, 0.3) is 0 Å². The lowest BCUT2D eigenvalue weighted by atomic mass is 10.2. The van der Waals surface area contributed by atoms with Crippen LogP contribution in [0.5, 0.6) is 0 Å². The molecule has 76 valence electrons. The van der Waals surface area contributed by atoms with Gasteiger partial charge in [0.05, 0.1) is 0 Å². The zero-order chi connectivity index (χ0) is 9.97. The standard InChI is InChI=1S/C9H15N5/c10-7-5-8(14-9(11)13-7)12-6-3-1-2-4-6/h5-6H,1-4H2,(H5,10,11,12,13,14). The molecular weight excluding hydrogens is 178 g/mol. The fourth-order valence-electron chi connectivity index (χ4n) is 1.84. The third kappa shape index (κ3) is 2.04. The highest BCUT2D eigenvalue weighted by atomic mass is 15.1. The Morgan fingerprint density at radius 3 is 2.57 bits per heavy atom. The lowest BCUT2D eigenvalue weighted by Crippen LogP contribution is -2.16. The van der Waals surface area contributed by atoms with Crippen LogP contribution < -0.4 is 16.8 Å². The Kier molecular flexibility index (Phi) is 2.39. The summed E-state index contributed by atoms with van der Waals surface area (Å²) in [5, 5.41) is 3.31. The van der Waals surface area contributed by atoms with Gasteiger partial charge in [0.15, 0.2) is 0 Å². The quantitative estimate of drug-likeness (QED) is 0.651. The summed E-state index contributed by atoms with van der Waals surface area (Å²) in [7, 11) is 0. The van der Waals surface area contributed by atoms with Gasteiger partial charge in [-0.2, -0.15) is 9.97 Å². The SMILES string of the molecule is Nc1cc(NC2CCCC2)nc(N)n1. The summed E-state index contributed by atoms with van der Waals surface area (Å²) in [6.07, 6.45) is 4.97. The molecule has 14 heavy (non-hydrogen) atoms. The van der Waals surface area contributed by atoms with Crippen molar-refractivity contribution in [1.29, 1.82) is 0 Å². The molecule has 1 aliphatic rings. The van der Waals surface area contributed by atoms with Gasteiger partial charge in [-0.3, -0.25) is 0 Å². The first-order valence-corrected chi connectivity index (χ1v) is 4.90. The van der Waals surface area contributed by atoms with Crippen LogP contribution in [0.4, 0.5) is 17.6 Å². The monoisotopic (exact) mass is 193 g/mol. The molecule has 1 aromatic rings. The van der Waals surface area contributed by atoms with Gasteiger partial charge in [-0.15, -0.1) is 0 Å². The number of hydrogen-bond acceptors (Lipinski definition) is 5. The number of nitrogen functional groups attached to an aromatic ring is 2. The molecule has 1 heterocycles. The minimum absolute atomic E-state index is 0.227. The molecule has 0 spiro atoms. The number of nitrogens with zero attached hydrogens (tertiary/aromatic N) is 2. The van der Waals surface area contributed by atoms with Crippen molar-refractivity contribution in [1.82, 2.24) is 9.97 Å². The summed E-state index contributed by atoms with van der Waals surface area (Å²) in [6, 6.07) is 2.23. The molecule has 1 aromatic heterocycles. The Morgan fingerprint density at radius 1 is 1.21 bits per heavy atom. The fraction of sp³-hybridized carbons (Fsp3) is 0.556. The molecule has 5 heteroatoms. The van der Waals surface area contributed by atoms with Gasteiger partial charge in [0.2, 0.25) is 5.95 Å². The lowest BCUT2D eigenvalue weighted by Gasteiger charge is -2.12. The summed E-state index contributed by atoms with van der Waals surface area (Å²) in [5.74, 6) is 1.38. The van der Waals surface area contributed by atoms with E-state index in [2.05, 4.69) is 15.3 Å². The highest BCUT2D eigenvalue weighted by Gasteiger charge is 2.15. The van der Waals surface area contributed by atoms with Crippen LogP contribution in [0.15, 0.2) is 6.07 Å². The maximum Gasteiger partial charge on any atom is 0.223 e. The molecule has 1 saturated carbocycles. The summed E-state index contributed by atoms with van der Waals surface area (Å²) >= 11 is 0. The van der Waals surface area contributed by atoms with Gasteiger partial charge in [-0.05, 0) is 12.8 Å². The van der Waals surface area contributed by atoms with E-state index < -0.39 is 0 Å². The van der Waals surface area contributed by atoms with Crippen LogP contribution >= 0.6 is 0 Å².